The summed E-state index contributed by atoms with van der Waals surface area (Å²) in [6, 6.07) is 10.6. The van der Waals surface area contributed by atoms with E-state index in [9.17, 15) is 9.18 Å². The van der Waals surface area contributed by atoms with E-state index < -0.39 is 18.3 Å². The Bertz CT molecular complexity index is 814. The van der Waals surface area contributed by atoms with Gasteiger partial charge >= 0.3 is 7.12 Å². The van der Waals surface area contributed by atoms with Crippen LogP contribution in [0.2, 0.25) is 0 Å². The number of benzene rings is 2. The lowest BCUT2D eigenvalue weighted by atomic mass is 9.74. The van der Waals surface area contributed by atoms with Crippen molar-refractivity contribution in [2.45, 2.75) is 38.9 Å². The second-order valence-electron chi connectivity index (χ2n) is 7.38. The summed E-state index contributed by atoms with van der Waals surface area (Å²) in [4.78, 5) is 13.0. The van der Waals surface area contributed by atoms with Crippen LogP contribution in [-0.4, -0.2) is 31.2 Å². The zero-order valence-corrected chi connectivity index (χ0v) is 15.6. The van der Waals surface area contributed by atoms with Crippen molar-refractivity contribution < 1.29 is 23.2 Å². The van der Waals surface area contributed by atoms with Crippen molar-refractivity contribution in [2.24, 2.45) is 0 Å². The molecular formula is C20H22BFO4. The minimum Gasteiger partial charge on any atom is -0.497 e. The highest BCUT2D eigenvalue weighted by Gasteiger charge is 2.52. The minimum atomic E-state index is -0.700. The molecule has 1 saturated heterocycles. The van der Waals surface area contributed by atoms with E-state index in [1.165, 1.54) is 24.3 Å². The van der Waals surface area contributed by atoms with Crippen LogP contribution in [0, 0.1) is 5.82 Å². The Morgan fingerprint density at radius 2 is 1.58 bits per heavy atom. The minimum absolute atomic E-state index is 0.225. The first-order valence-corrected chi connectivity index (χ1v) is 8.48. The van der Waals surface area contributed by atoms with E-state index in [2.05, 4.69) is 0 Å². The van der Waals surface area contributed by atoms with Gasteiger partial charge in [-0.15, -0.1) is 0 Å². The number of carbonyl (C=O) groups is 1. The van der Waals surface area contributed by atoms with Gasteiger partial charge < -0.3 is 14.0 Å². The summed E-state index contributed by atoms with van der Waals surface area (Å²) in [6.07, 6.45) is 0. The molecule has 0 aliphatic carbocycles. The van der Waals surface area contributed by atoms with E-state index in [-0.39, 0.29) is 11.6 Å². The van der Waals surface area contributed by atoms with Crippen molar-refractivity contribution >= 4 is 18.4 Å². The highest BCUT2D eigenvalue weighted by atomic mass is 19.1. The topological polar surface area (TPSA) is 44.8 Å². The Morgan fingerprint density at radius 3 is 2.12 bits per heavy atom. The van der Waals surface area contributed by atoms with E-state index >= 15 is 0 Å². The Balaban J connectivity index is 2.04. The Labute approximate surface area is 153 Å². The summed E-state index contributed by atoms with van der Waals surface area (Å²) in [6.45, 7) is 7.81. The molecule has 0 radical (unpaired) electrons. The number of hydrogen-bond donors (Lipinski definition) is 0. The van der Waals surface area contributed by atoms with Crippen LogP contribution in [0.4, 0.5) is 4.39 Å². The van der Waals surface area contributed by atoms with E-state index in [0.717, 1.165) is 0 Å². The van der Waals surface area contributed by atoms with Crippen LogP contribution in [0.15, 0.2) is 42.5 Å². The molecular weight excluding hydrogens is 334 g/mol. The van der Waals surface area contributed by atoms with Gasteiger partial charge in [-0.1, -0.05) is 0 Å². The van der Waals surface area contributed by atoms with Crippen LogP contribution >= 0.6 is 0 Å². The number of halogens is 1. The van der Waals surface area contributed by atoms with E-state index in [4.69, 9.17) is 14.0 Å². The van der Waals surface area contributed by atoms with Crippen LogP contribution in [0.1, 0.15) is 43.6 Å². The molecule has 136 valence electrons. The summed E-state index contributed by atoms with van der Waals surface area (Å²) in [5.74, 6) is -0.00908. The van der Waals surface area contributed by atoms with Crippen molar-refractivity contribution in [2.75, 3.05) is 7.11 Å². The van der Waals surface area contributed by atoms with Gasteiger partial charge in [0.15, 0.2) is 5.78 Å². The monoisotopic (exact) mass is 356 g/mol. The van der Waals surface area contributed by atoms with Gasteiger partial charge in [0.2, 0.25) is 0 Å². The third-order valence-corrected chi connectivity index (χ3v) is 5.12. The SMILES string of the molecule is COc1ccc(C(=O)c2ccc(F)cc2)c(B2OC(C)(C)C(C)(C)O2)c1. The Kier molecular flexibility index (Phi) is 4.67. The first-order chi connectivity index (χ1) is 12.1. The molecule has 1 fully saturated rings. The standard InChI is InChI=1S/C20H22BFO4/c1-19(2)20(3,4)26-21(25-19)17-12-15(24-5)10-11-16(17)18(23)13-6-8-14(22)9-7-13/h6-12H,1-5H3. The fraction of sp³-hybridized carbons (Fsp3) is 0.350. The first kappa shape index (κ1) is 18.6. The maximum Gasteiger partial charge on any atom is 0.495 e. The van der Waals surface area contributed by atoms with Crippen molar-refractivity contribution in [1.82, 2.24) is 0 Å². The zero-order chi connectivity index (χ0) is 19.1. The maximum atomic E-state index is 13.2. The molecule has 1 aliphatic rings. The average molecular weight is 356 g/mol. The molecule has 1 heterocycles. The molecule has 6 heteroatoms. The molecule has 0 unspecified atom stereocenters. The third kappa shape index (κ3) is 3.27. The van der Waals surface area contributed by atoms with Crippen LogP contribution in [-0.2, 0) is 9.31 Å². The molecule has 4 nitrogen and oxygen atoms in total. The highest BCUT2D eigenvalue weighted by molar-refractivity contribution is 6.64. The van der Waals surface area contributed by atoms with E-state index in [0.29, 0.717) is 22.3 Å². The number of ether oxygens (including phenoxy) is 1. The second-order valence-corrected chi connectivity index (χ2v) is 7.38. The highest BCUT2D eigenvalue weighted by Crippen LogP contribution is 2.37. The molecule has 0 atom stereocenters. The van der Waals surface area contributed by atoms with Gasteiger partial charge in [-0.25, -0.2) is 4.39 Å². The molecule has 0 aromatic heterocycles. The molecule has 1 aliphatic heterocycles. The average Bonchev–Trinajstić information content (AvgIpc) is 2.82. The van der Waals surface area contributed by atoms with Gasteiger partial charge in [0.1, 0.15) is 11.6 Å². The predicted octanol–water partition coefficient (Wildman–Crippen LogP) is 3.36. The van der Waals surface area contributed by atoms with E-state index in [1.807, 2.05) is 27.7 Å². The summed E-state index contributed by atoms with van der Waals surface area (Å²) >= 11 is 0. The fourth-order valence-corrected chi connectivity index (χ4v) is 2.80. The number of methoxy groups -OCH3 is 1. The van der Waals surface area contributed by atoms with Gasteiger partial charge in [-0.3, -0.25) is 4.79 Å². The summed E-state index contributed by atoms with van der Waals surface area (Å²) in [7, 11) is 0.861. The quantitative estimate of drug-likeness (QED) is 0.623. The van der Waals surface area contributed by atoms with Crippen molar-refractivity contribution in [3.8, 4) is 5.75 Å². The third-order valence-electron chi connectivity index (χ3n) is 5.12. The lowest BCUT2D eigenvalue weighted by molar-refractivity contribution is 0.00578. The van der Waals surface area contributed by atoms with Gasteiger partial charge in [-0.05, 0) is 75.6 Å². The largest absolute Gasteiger partial charge is 0.497 e. The van der Waals surface area contributed by atoms with Crippen LogP contribution in [0.3, 0.4) is 0 Å². The first-order valence-electron chi connectivity index (χ1n) is 8.48. The van der Waals surface area contributed by atoms with Crippen molar-refractivity contribution in [1.29, 1.82) is 0 Å². The molecule has 0 saturated carbocycles. The van der Waals surface area contributed by atoms with Crippen LogP contribution in [0.25, 0.3) is 0 Å². The molecule has 0 amide bonds. The van der Waals surface area contributed by atoms with E-state index in [1.54, 1.807) is 25.3 Å². The second kappa shape index (κ2) is 6.52. The Morgan fingerprint density at radius 1 is 1.00 bits per heavy atom. The van der Waals surface area contributed by atoms with Crippen LogP contribution in [0.5, 0.6) is 5.75 Å². The van der Waals surface area contributed by atoms with Crippen LogP contribution < -0.4 is 10.2 Å². The molecule has 3 rings (SSSR count). The predicted molar refractivity (Wildman–Crippen MR) is 98.5 cm³/mol. The number of rotatable bonds is 4. The normalized spacial score (nSPS) is 18.0. The molecule has 0 spiro atoms. The van der Waals surface area contributed by atoms with Gasteiger partial charge in [-0.2, -0.15) is 0 Å². The van der Waals surface area contributed by atoms with Gasteiger partial charge in [0.25, 0.3) is 0 Å². The summed E-state index contributed by atoms with van der Waals surface area (Å²) in [5, 5.41) is 0. The summed E-state index contributed by atoms with van der Waals surface area (Å²) in [5.41, 5.74) is 0.371. The molecule has 0 bridgehead atoms. The molecule has 2 aromatic rings. The van der Waals surface area contributed by atoms with Gasteiger partial charge in [0, 0.05) is 11.1 Å². The molecule has 26 heavy (non-hydrogen) atoms. The summed E-state index contributed by atoms with van der Waals surface area (Å²) < 4.78 is 30.7. The lowest BCUT2D eigenvalue weighted by Gasteiger charge is -2.32. The number of carbonyl (C=O) groups excluding carboxylic acids is 1. The van der Waals surface area contributed by atoms with Crippen molar-refractivity contribution in [3.05, 3.63) is 59.4 Å². The maximum absolute atomic E-state index is 13.2. The lowest BCUT2D eigenvalue weighted by Crippen LogP contribution is -2.41. The zero-order valence-electron chi connectivity index (χ0n) is 15.6. The Hall–Kier alpha value is -2.18. The fourth-order valence-electron chi connectivity index (χ4n) is 2.80. The van der Waals surface area contributed by atoms with Gasteiger partial charge in [0.05, 0.1) is 18.3 Å². The molecule has 0 N–H and O–H groups in total. The van der Waals surface area contributed by atoms with Crippen molar-refractivity contribution in [3.63, 3.8) is 0 Å². The number of hydrogen-bond acceptors (Lipinski definition) is 4. The smallest absolute Gasteiger partial charge is 0.495 e. The molecule has 2 aromatic carbocycles. The number of ketones is 1.